The molecule has 0 saturated carbocycles. The Bertz CT molecular complexity index is 752. The topological polar surface area (TPSA) is 50.9 Å². The molecule has 5 heteroatoms. The lowest BCUT2D eigenvalue weighted by atomic mass is 10.1. The molecule has 0 aliphatic carbocycles. The summed E-state index contributed by atoms with van der Waals surface area (Å²) in [5.74, 6) is 0. The SMILES string of the molecule is Cn1c(-c2cncc(CO)c2)cc2cnc(Cl)cc21. The van der Waals surface area contributed by atoms with Crippen LogP contribution in [0.3, 0.4) is 0 Å². The highest BCUT2D eigenvalue weighted by Crippen LogP contribution is 2.28. The van der Waals surface area contributed by atoms with Gasteiger partial charge in [0.05, 0.1) is 17.8 Å². The van der Waals surface area contributed by atoms with E-state index >= 15 is 0 Å². The first-order chi connectivity index (χ1) is 9.19. The molecule has 0 amide bonds. The van der Waals surface area contributed by atoms with E-state index < -0.39 is 0 Å². The molecule has 0 aromatic carbocycles. The number of hydrogen-bond acceptors (Lipinski definition) is 3. The van der Waals surface area contributed by atoms with Gasteiger partial charge < -0.3 is 9.67 Å². The van der Waals surface area contributed by atoms with Crippen LogP contribution in [0.2, 0.25) is 5.15 Å². The Hall–Kier alpha value is -1.91. The Balaban J connectivity index is 2.21. The second-order valence-electron chi connectivity index (χ2n) is 4.39. The fourth-order valence-electron chi connectivity index (χ4n) is 2.20. The van der Waals surface area contributed by atoms with E-state index in [9.17, 15) is 5.11 Å². The van der Waals surface area contributed by atoms with E-state index in [1.807, 2.05) is 29.8 Å². The molecule has 0 bridgehead atoms. The summed E-state index contributed by atoms with van der Waals surface area (Å²) in [7, 11) is 1.97. The van der Waals surface area contributed by atoms with Crippen molar-refractivity contribution in [1.82, 2.24) is 14.5 Å². The molecule has 0 radical (unpaired) electrons. The molecule has 96 valence electrons. The predicted molar refractivity (Wildman–Crippen MR) is 74.9 cm³/mol. The average molecular weight is 274 g/mol. The van der Waals surface area contributed by atoms with E-state index in [0.29, 0.717) is 5.15 Å². The van der Waals surface area contributed by atoms with Gasteiger partial charge in [-0.2, -0.15) is 0 Å². The Morgan fingerprint density at radius 2 is 2.05 bits per heavy atom. The number of nitrogens with zero attached hydrogens (tertiary/aromatic N) is 3. The molecule has 3 aromatic heterocycles. The van der Waals surface area contributed by atoms with Crippen molar-refractivity contribution in [3.8, 4) is 11.3 Å². The molecule has 4 nitrogen and oxygen atoms in total. The van der Waals surface area contributed by atoms with Crippen LogP contribution in [0.15, 0.2) is 36.8 Å². The lowest BCUT2D eigenvalue weighted by molar-refractivity contribution is 0.281. The minimum Gasteiger partial charge on any atom is -0.392 e. The number of aromatic nitrogens is 3. The molecule has 0 atom stereocenters. The van der Waals surface area contributed by atoms with E-state index in [2.05, 4.69) is 9.97 Å². The third kappa shape index (κ3) is 2.09. The molecule has 0 fully saturated rings. The maximum absolute atomic E-state index is 9.18. The smallest absolute Gasteiger partial charge is 0.131 e. The standard InChI is InChI=1S/C14H12ClN3O/c1-18-12(10-2-9(8-19)5-16-6-10)3-11-7-17-14(15)4-13(11)18/h2-7,19H,8H2,1H3. The average Bonchev–Trinajstić information content (AvgIpc) is 2.76. The number of fused-ring (bicyclic) bond motifs is 1. The van der Waals surface area contributed by atoms with Gasteiger partial charge in [-0.25, -0.2) is 4.98 Å². The minimum atomic E-state index is -0.0157. The maximum atomic E-state index is 9.18. The molecule has 0 aliphatic rings. The van der Waals surface area contributed by atoms with Gasteiger partial charge >= 0.3 is 0 Å². The number of aliphatic hydroxyl groups excluding tert-OH is 1. The zero-order chi connectivity index (χ0) is 13.4. The van der Waals surface area contributed by atoms with Crippen molar-refractivity contribution < 1.29 is 5.11 Å². The number of aryl methyl sites for hydroxylation is 1. The predicted octanol–water partition coefficient (Wildman–Crippen LogP) is 2.78. The Kier molecular flexibility index (Phi) is 2.97. The van der Waals surface area contributed by atoms with Gasteiger partial charge in [-0.1, -0.05) is 11.6 Å². The molecule has 0 spiro atoms. The van der Waals surface area contributed by atoms with E-state index in [0.717, 1.165) is 27.7 Å². The van der Waals surface area contributed by atoms with Crippen LogP contribution in [0.25, 0.3) is 22.2 Å². The summed E-state index contributed by atoms with van der Waals surface area (Å²) >= 11 is 5.92. The molecule has 3 rings (SSSR count). The van der Waals surface area contributed by atoms with Crippen LogP contribution in [0.5, 0.6) is 0 Å². The summed E-state index contributed by atoms with van der Waals surface area (Å²) in [5, 5.41) is 10.7. The van der Waals surface area contributed by atoms with Gasteiger partial charge in [0.1, 0.15) is 5.15 Å². The van der Waals surface area contributed by atoms with Gasteiger partial charge in [0, 0.05) is 36.6 Å². The van der Waals surface area contributed by atoms with E-state index in [-0.39, 0.29) is 6.61 Å². The number of hydrogen-bond donors (Lipinski definition) is 1. The number of rotatable bonds is 2. The lowest BCUT2D eigenvalue weighted by Crippen LogP contribution is -1.93. The molecule has 0 unspecified atom stereocenters. The quantitative estimate of drug-likeness (QED) is 0.731. The van der Waals surface area contributed by atoms with Crippen molar-refractivity contribution in [3.05, 3.63) is 47.5 Å². The fraction of sp³-hybridized carbons (Fsp3) is 0.143. The van der Waals surface area contributed by atoms with Crippen molar-refractivity contribution in [2.75, 3.05) is 0 Å². The van der Waals surface area contributed by atoms with Gasteiger partial charge in [0.15, 0.2) is 0 Å². The highest BCUT2D eigenvalue weighted by molar-refractivity contribution is 6.30. The first kappa shape index (κ1) is 12.1. The van der Waals surface area contributed by atoms with E-state index in [4.69, 9.17) is 11.6 Å². The fourth-order valence-corrected chi connectivity index (χ4v) is 2.35. The van der Waals surface area contributed by atoms with Crippen LogP contribution < -0.4 is 0 Å². The third-order valence-electron chi connectivity index (χ3n) is 3.17. The first-order valence-electron chi connectivity index (χ1n) is 5.85. The van der Waals surface area contributed by atoms with Crippen molar-refractivity contribution in [1.29, 1.82) is 0 Å². The van der Waals surface area contributed by atoms with Gasteiger partial charge in [-0.05, 0) is 23.8 Å². The van der Waals surface area contributed by atoms with Crippen molar-refractivity contribution in [2.24, 2.45) is 7.05 Å². The summed E-state index contributed by atoms with van der Waals surface area (Å²) in [4.78, 5) is 8.23. The van der Waals surface area contributed by atoms with Crippen LogP contribution in [-0.4, -0.2) is 19.6 Å². The lowest BCUT2D eigenvalue weighted by Gasteiger charge is -2.05. The largest absolute Gasteiger partial charge is 0.392 e. The zero-order valence-electron chi connectivity index (χ0n) is 10.3. The zero-order valence-corrected chi connectivity index (χ0v) is 11.1. The number of aliphatic hydroxyl groups is 1. The second-order valence-corrected chi connectivity index (χ2v) is 4.78. The summed E-state index contributed by atoms with van der Waals surface area (Å²) in [6.45, 7) is -0.0157. The molecule has 3 heterocycles. The van der Waals surface area contributed by atoms with Crippen molar-refractivity contribution >= 4 is 22.5 Å². The number of halogens is 1. The summed E-state index contributed by atoms with van der Waals surface area (Å²) in [6, 6.07) is 5.80. The molecule has 1 N–H and O–H groups in total. The monoisotopic (exact) mass is 273 g/mol. The van der Waals surface area contributed by atoms with Crippen LogP contribution in [0.1, 0.15) is 5.56 Å². The molecular formula is C14H12ClN3O. The van der Waals surface area contributed by atoms with Gasteiger partial charge in [0.2, 0.25) is 0 Å². The molecule has 3 aromatic rings. The molecule has 0 aliphatic heterocycles. The van der Waals surface area contributed by atoms with Crippen molar-refractivity contribution in [2.45, 2.75) is 6.61 Å². The van der Waals surface area contributed by atoms with Gasteiger partial charge in [-0.3, -0.25) is 4.98 Å². The van der Waals surface area contributed by atoms with E-state index in [1.54, 1.807) is 18.6 Å². The Labute approximate surface area is 115 Å². The van der Waals surface area contributed by atoms with Gasteiger partial charge in [0.25, 0.3) is 0 Å². The van der Waals surface area contributed by atoms with Crippen LogP contribution in [-0.2, 0) is 13.7 Å². The van der Waals surface area contributed by atoms with Crippen molar-refractivity contribution in [3.63, 3.8) is 0 Å². The first-order valence-corrected chi connectivity index (χ1v) is 6.23. The Morgan fingerprint density at radius 1 is 1.21 bits per heavy atom. The maximum Gasteiger partial charge on any atom is 0.131 e. The van der Waals surface area contributed by atoms with E-state index in [1.165, 1.54) is 0 Å². The molecule has 19 heavy (non-hydrogen) atoms. The molecule has 0 saturated heterocycles. The summed E-state index contributed by atoms with van der Waals surface area (Å²) in [5.41, 5.74) is 3.78. The minimum absolute atomic E-state index is 0.0157. The third-order valence-corrected chi connectivity index (χ3v) is 3.37. The highest BCUT2D eigenvalue weighted by Gasteiger charge is 2.09. The summed E-state index contributed by atoms with van der Waals surface area (Å²) in [6.07, 6.45) is 5.19. The summed E-state index contributed by atoms with van der Waals surface area (Å²) < 4.78 is 2.04. The van der Waals surface area contributed by atoms with Crippen LogP contribution in [0.4, 0.5) is 0 Å². The Morgan fingerprint density at radius 3 is 2.84 bits per heavy atom. The molecular weight excluding hydrogens is 262 g/mol. The number of pyridine rings is 2. The van der Waals surface area contributed by atoms with Gasteiger partial charge in [-0.15, -0.1) is 0 Å². The highest BCUT2D eigenvalue weighted by atomic mass is 35.5. The van der Waals surface area contributed by atoms with Crippen LogP contribution >= 0.6 is 11.6 Å². The normalized spacial score (nSPS) is 11.1. The van der Waals surface area contributed by atoms with Crippen LogP contribution in [0, 0.1) is 0 Å². The second kappa shape index (κ2) is 4.64.